The van der Waals surface area contributed by atoms with Crippen molar-refractivity contribution in [1.29, 1.82) is 0 Å². The third-order valence-corrected chi connectivity index (χ3v) is 4.58. The summed E-state index contributed by atoms with van der Waals surface area (Å²) < 4.78 is 5.66. The smallest absolute Gasteiger partial charge is 0.220 e. The van der Waals surface area contributed by atoms with Gasteiger partial charge in [0.15, 0.2) is 0 Å². The summed E-state index contributed by atoms with van der Waals surface area (Å²) >= 11 is 0. The van der Waals surface area contributed by atoms with Crippen molar-refractivity contribution in [3.63, 3.8) is 0 Å². The highest BCUT2D eigenvalue weighted by Gasteiger charge is 2.14. The topological polar surface area (TPSA) is 52.3 Å². The summed E-state index contributed by atoms with van der Waals surface area (Å²) in [6.45, 7) is 1.80. The Kier molecular flexibility index (Phi) is 11.5. The number of carbonyl (C=O) groups excluding carboxylic acids is 1. The van der Waals surface area contributed by atoms with Crippen molar-refractivity contribution >= 4 is 5.91 Å². The van der Waals surface area contributed by atoms with Crippen molar-refractivity contribution < 1.29 is 9.53 Å². The van der Waals surface area contributed by atoms with Crippen LogP contribution in [0, 0.1) is 5.92 Å². The molecule has 0 radical (unpaired) electrons. The molecule has 2 N–H and O–H groups in total. The van der Waals surface area contributed by atoms with Crippen LogP contribution in [-0.4, -0.2) is 19.1 Å². The number of hydrogen-bond acceptors (Lipinski definition) is 2. The fourth-order valence-electron chi connectivity index (χ4n) is 3.13. The molecule has 1 heterocycles. The first kappa shape index (κ1) is 18.5. The first-order valence-electron chi connectivity index (χ1n) is 9.18. The van der Waals surface area contributed by atoms with Crippen molar-refractivity contribution in [2.45, 2.75) is 89.9 Å². The summed E-state index contributed by atoms with van der Waals surface area (Å²) in [6.07, 6.45) is 17.0. The molecule has 0 saturated carbocycles. The van der Waals surface area contributed by atoms with Crippen molar-refractivity contribution in [2.24, 2.45) is 11.7 Å². The third kappa shape index (κ3) is 10.8. The van der Waals surface area contributed by atoms with Crippen molar-refractivity contribution in [3.05, 3.63) is 0 Å². The summed E-state index contributed by atoms with van der Waals surface area (Å²) in [7, 11) is 0. The minimum absolute atomic E-state index is 0.0966. The maximum absolute atomic E-state index is 11.5. The van der Waals surface area contributed by atoms with Gasteiger partial charge in [0.2, 0.25) is 5.91 Å². The van der Waals surface area contributed by atoms with Crippen molar-refractivity contribution in [1.82, 2.24) is 0 Å². The minimum atomic E-state index is -0.0966. The van der Waals surface area contributed by atoms with Crippen LogP contribution < -0.4 is 5.73 Å². The molecule has 0 spiro atoms. The second kappa shape index (κ2) is 13.1. The van der Waals surface area contributed by atoms with E-state index < -0.39 is 0 Å². The van der Waals surface area contributed by atoms with E-state index in [-0.39, 0.29) is 11.8 Å². The highest BCUT2D eigenvalue weighted by molar-refractivity contribution is 5.76. The molecule has 21 heavy (non-hydrogen) atoms. The Morgan fingerprint density at radius 1 is 0.667 bits per heavy atom. The summed E-state index contributed by atoms with van der Waals surface area (Å²) in [5.74, 6) is 0.00505. The molecule has 1 fully saturated rings. The van der Waals surface area contributed by atoms with E-state index in [4.69, 9.17) is 10.5 Å². The van der Waals surface area contributed by atoms with E-state index in [0.717, 1.165) is 51.7 Å². The summed E-state index contributed by atoms with van der Waals surface area (Å²) in [6, 6.07) is 0. The number of nitrogens with two attached hydrogens (primary N) is 1. The number of hydrogen-bond donors (Lipinski definition) is 1. The van der Waals surface area contributed by atoms with Crippen molar-refractivity contribution in [2.75, 3.05) is 13.2 Å². The van der Waals surface area contributed by atoms with Gasteiger partial charge in [0.25, 0.3) is 0 Å². The average Bonchev–Trinajstić information content (AvgIpc) is 2.47. The number of ether oxygens (including phenoxy) is 1. The van der Waals surface area contributed by atoms with Gasteiger partial charge in [-0.2, -0.15) is 0 Å². The molecular formula is C18H35NO2. The maximum Gasteiger partial charge on any atom is 0.220 e. The van der Waals surface area contributed by atoms with Gasteiger partial charge in [0, 0.05) is 19.1 Å². The summed E-state index contributed by atoms with van der Waals surface area (Å²) in [5.41, 5.74) is 5.52. The molecular weight excluding hydrogens is 262 g/mol. The van der Waals surface area contributed by atoms with Gasteiger partial charge in [0.05, 0.1) is 0 Å². The van der Waals surface area contributed by atoms with Gasteiger partial charge in [-0.3, -0.25) is 4.79 Å². The summed E-state index contributed by atoms with van der Waals surface area (Å²) in [4.78, 5) is 11.5. The Morgan fingerprint density at radius 2 is 1.05 bits per heavy atom. The van der Waals surface area contributed by atoms with Crippen LogP contribution in [0.4, 0.5) is 0 Å². The van der Waals surface area contributed by atoms with E-state index in [1.807, 2.05) is 0 Å². The zero-order valence-electron chi connectivity index (χ0n) is 13.8. The van der Waals surface area contributed by atoms with Gasteiger partial charge < -0.3 is 10.5 Å². The molecule has 0 bridgehead atoms. The standard InChI is InChI=1S/C18H35NO2/c19-18(20)17-13-9-6-4-2-1-3-5-7-11-15-21-16-12-8-10-14-17/h17H,1-16H2,(H2,19,20). The van der Waals surface area contributed by atoms with Gasteiger partial charge in [-0.05, 0) is 25.7 Å². The predicted molar refractivity (Wildman–Crippen MR) is 88.1 cm³/mol. The number of rotatable bonds is 1. The molecule has 0 aromatic heterocycles. The fraction of sp³-hybridized carbons (Fsp3) is 0.944. The molecule has 1 rings (SSSR count). The quantitative estimate of drug-likeness (QED) is 0.770. The van der Waals surface area contributed by atoms with E-state index in [1.165, 1.54) is 51.4 Å². The van der Waals surface area contributed by atoms with Crippen LogP contribution in [0.25, 0.3) is 0 Å². The van der Waals surface area contributed by atoms with Gasteiger partial charge >= 0.3 is 0 Å². The molecule has 0 aromatic carbocycles. The third-order valence-electron chi connectivity index (χ3n) is 4.58. The predicted octanol–water partition coefficient (Wildman–Crippen LogP) is 4.58. The van der Waals surface area contributed by atoms with E-state index in [0.29, 0.717) is 0 Å². The molecule has 124 valence electrons. The Labute approximate surface area is 131 Å². The molecule has 1 atom stereocenters. The fourth-order valence-corrected chi connectivity index (χ4v) is 3.13. The molecule has 3 nitrogen and oxygen atoms in total. The van der Waals surface area contributed by atoms with Crippen LogP contribution in [0.3, 0.4) is 0 Å². The number of carbonyl (C=O) groups is 1. The Bertz CT molecular complexity index is 238. The summed E-state index contributed by atoms with van der Waals surface area (Å²) in [5, 5.41) is 0. The SMILES string of the molecule is NC(=O)C1CCCCCCCCCCCOCCCCC1. The lowest BCUT2D eigenvalue weighted by Crippen LogP contribution is -2.23. The normalized spacial score (nSPS) is 25.6. The van der Waals surface area contributed by atoms with Crippen LogP contribution in [0.5, 0.6) is 0 Å². The second-order valence-electron chi connectivity index (χ2n) is 6.53. The molecule has 1 aliphatic rings. The molecule has 0 aliphatic carbocycles. The lowest BCUT2D eigenvalue weighted by molar-refractivity contribution is -0.122. The molecule has 1 saturated heterocycles. The van der Waals surface area contributed by atoms with Gasteiger partial charge in [-0.25, -0.2) is 0 Å². The van der Waals surface area contributed by atoms with Gasteiger partial charge in [-0.1, -0.05) is 64.2 Å². The lowest BCUT2D eigenvalue weighted by Gasteiger charge is -2.13. The Hall–Kier alpha value is -0.570. The van der Waals surface area contributed by atoms with E-state index in [9.17, 15) is 4.79 Å². The molecule has 0 aromatic rings. The van der Waals surface area contributed by atoms with Crippen molar-refractivity contribution in [3.8, 4) is 0 Å². The van der Waals surface area contributed by atoms with E-state index >= 15 is 0 Å². The van der Waals surface area contributed by atoms with E-state index in [1.54, 1.807) is 0 Å². The molecule has 1 unspecified atom stereocenters. The number of amides is 1. The maximum atomic E-state index is 11.5. The van der Waals surface area contributed by atoms with Crippen LogP contribution in [0.15, 0.2) is 0 Å². The van der Waals surface area contributed by atoms with Crippen LogP contribution >= 0.6 is 0 Å². The van der Waals surface area contributed by atoms with Crippen LogP contribution in [-0.2, 0) is 9.53 Å². The minimum Gasteiger partial charge on any atom is -0.381 e. The Balaban J connectivity index is 2.23. The largest absolute Gasteiger partial charge is 0.381 e. The molecule has 3 heteroatoms. The Morgan fingerprint density at radius 3 is 1.52 bits per heavy atom. The average molecular weight is 297 g/mol. The molecule has 1 amide bonds. The zero-order chi connectivity index (χ0) is 15.2. The first-order valence-corrected chi connectivity index (χ1v) is 9.18. The van der Waals surface area contributed by atoms with Gasteiger partial charge in [-0.15, -0.1) is 0 Å². The van der Waals surface area contributed by atoms with E-state index in [2.05, 4.69) is 0 Å². The first-order chi connectivity index (χ1) is 10.3. The highest BCUT2D eigenvalue weighted by Crippen LogP contribution is 2.18. The monoisotopic (exact) mass is 297 g/mol. The van der Waals surface area contributed by atoms with Gasteiger partial charge in [0.1, 0.15) is 0 Å². The number of primary amides is 1. The van der Waals surface area contributed by atoms with Crippen LogP contribution in [0.1, 0.15) is 89.9 Å². The van der Waals surface area contributed by atoms with Crippen LogP contribution in [0.2, 0.25) is 0 Å². The molecule has 1 aliphatic heterocycles. The zero-order valence-corrected chi connectivity index (χ0v) is 13.8. The second-order valence-corrected chi connectivity index (χ2v) is 6.53. The highest BCUT2D eigenvalue weighted by atomic mass is 16.5. The lowest BCUT2D eigenvalue weighted by atomic mass is 9.94.